The van der Waals surface area contributed by atoms with Gasteiger partial charge in [0.1, 0.15) is 11.6 Å². The smallest absolute Gasteiger partial charge is 0.387 e. The third-order valence-corrected chi connectivity index (χ3v) is 3.11. The Morgan fingerprint density at radius 2 is 2.30 bits per heavy atom. The Bertz CT molecular complexity index is 477. The van der Waals surface area contributed by atoms with Gasteiger partial charge in [-0.1, -0.05) is 6.07 Å². The number of hydrogen-bond acceptors (Lipinski definition) is 3. The molecule has 1 atom stereocenters. The maximum Gasteiger partial charge on any atom is 0.387 e. The highest BCUT2D eigenvalue weighted by molar-refractivity contribution is 5.82. The first kappa shape index (κ1) is 14.6. The van der Waals surface area contributed by atoms with Crippen molar-refractivity contribution in [2.75, 3.05) is 6.54 Å². The molecule has 1 aliphatic rings. The number of rotatable bonds is 5. The average molecular weight is 288 g/mol. The van der Waals surface area contributed by atoms with Gasteiger partial charge in [0.05, 0.1) is 6.04 Å². The Morgan fingerprint density at radius 3 is 2.95 bits per heavy atom. The van der Waals surface area contributed by atoms with Crippen molar-refractivity contribution in [2.45, 2.75) is 32.0 Å². The van der Waals surface area contributed by atoms with Gasteiger partial charge in [-0.15, -0.1) is 0 Å². The standard InChI is InChI=1S/C13H15F3N2O2/c14-9-3-1-5-11(20-13(15)16)8(9)7-18-12(19)10-4-2-6-17-10/h1,3,5,10,13,17H,2,4,6-7H2,(H,18,19). The second-order valence-corrected chi connectivity index (χ2v) is 4.46. The molecule has 110 valence electrons. The summed E-state index contributed by atoms with van der Waals surface area (Å²) in [5.74, 6) is -1.23. The Kier molecular flexibility index (Phi) is 4.84. The Morgan fingerprint density at radius 1 is 1.50 bits per heavy atom. The van der Waals surface area contributed by atoms with E-state index in [2.05, 4.69) is 15.4 Å². The predicted octanol–water partition coefficient (Wildman–Crippen LogP) is 1.80. The summed E-state index contributed by atoms with van der Waals surface area (Å²) >= 11 is 0. The third-order valence-electron chi connectivity index (χ3n) is 3.11. The van der Waals surface area contributed by atoms with Crippen LogP contribution in [0.25, 0.3) is 0 Å². The molecular weight excluding hydrogens is 273 g/mol. The van der Waals surface area contributed by atoms with E-state index in [-0.39, 0.29) is 29.8 Å². The van der Waals surface area contributed by atoms with Gasteiger partial charge in [-0.25, -0.2) is 4.39 Å². The van der Waals surface area contributed by atoms with E-state index in [0.29, 0.717) is 6.42 Å². The molecule has 0 spiro atoms. The summed E-state index contributed by atoms with van der Waals surface area (Å²) in [4.78, 5) is 11.8. The van der Waals surface area contributed by atoms with Gasteiger partial charge in [0.2, 0.25) is 5.91 Å². The zero-order chi connectivity index (χ0) is 14.5. The zero-order valence-corrected chi connectivity index (χ0v) is 10.7. The summed E-state index contributed by atoms with van der Waals surface area (Å²) in [6.07, 6.45) is 1.61. The SMILES string of the molecule is O=C(NCc1c(F)cccc1OC(F)F)C1CCCN1. The molecule has 1 saturated heterocycles. The topological polar surface area (TPSA) is 50.4 Å². The molecule has 0 aromatic heterocycles. The lowest BCUT2D eigenvalue weighted by Gasteiger charge is -2.14. The monoisotopic (exact) mass is 288 g/mol. The fourth-order valence-electron chi connectivity index (χ4n) is 2.12. The molecule has 4 nitrogen and oxygen atoms in total. The van der Waals surface area contributed by atoms with Crippen LogP contribution in [0.2, 0.25) is 0 Å². The largest absolute Gasteiger partial charge is 0.434 e. The molecule has 7 heteroatoms. The predicted molar refractivity (Wildman–Crippen MR) is 65.9 cm³/mol. The van der Waals surface area contributed by atoms with Gasteiger partial charge >= 0.3 is 6.61 Å². The van der Waals surface area contributed by atoms with Crippen LogP contribution >= 0.6 is 0 Å². The minimum absolute atomic E-state index is 0.0841. The van der Waals surface area contributed by atoms with Crippen molar-refractivity contribution in [2.24, 2.45) is 0 Å². The molecule has 1 aromatic carbocycles. The molecule has 0 radical (unpaired) electrons. The van der Waals surface area contributed by atoms with E-state index in [1.54, 1.807) is 0 Å². The molecule has 1 aromatic rings. The van der Waals surface area contributed by atoms with Crippen LogP contribution in [0.5, 0.6) is 5.75 Å². The first-order valence-corrected chi connectivity index (χ1v) is 6.31. The number of hydrogen-bond donors (Lipinski definition) is 2. The molecule has 2 rings (SSSR count). The number of ether oxygens (including phenoxy) is 1. The summed E-state index contributed by atoms with van der Waals surface area (Å²) in [5, 5.41) is 5.53. The van der Waals surface area contributed by atoms with Crippen LogP contribution in [-0.2, 0) is 11.3 Å². The van der Waals surface area contributed by atoms with Gasteiger partial charge < -0.3 is 15.4 Å². The molecule has 0 bridgehead atoms. The number of carbonyl (C=O) groups is 1. The van der Waals surface area contributed by atoms with E-state index in [1.165, 1.54) is 12.1 Å². The van der Waals surface area contributed by atoms with Crippen LogP contribution < -0.4 is 15.4 Å². The average Bonchev–Trinajstić information content (AvgIpc) is 2.91. The van der Waals surface area contributed by atoms with Crippen LogP contribution in [0.1, 0.15) is 18.4 Å². The normalized spacial score (nSPS) is 18.3. The minimum atomic E-state index is -3.04. The van der Waals surface area contributed by atoms with Crippen molar-refractivity contribution in [3.05, 3.63) is 29.6 Å². The number of halogens is 3. The quantitative estimate of drug-likeness (QED) is 0.868. The molecule has 2 N–H and O–H groups in total. The number of alkyl halides is 2. The molecule has 0 saturated carbocycles. The Hall–Kier alpha value is -1.76. The summed E-state index contributed by atoms with van der Waals surface area (Å²) < 4.78 is 42.3. The highest BCUT2D eigenvalue weighted by atomic mass is 19.3. The Balaban J connectivity index is 2.02. The molecule has 1 aliphatic heterocycles. The van der Waals surface area contributed by atoms with Gasteiger partial charge in [0.25, 0.3) is 0 Å². The number of nitrogens with one attached hydrogen (secondary N) is 2. The fourth-order valence-corrected chi connectivity index (χ4v) is 2.12. The molecular formula is C13H15F3N2O2. The maximum atomic E-state index is 13.6. The van der Waals surface area contributed by atoms with Crippen molar-refractivity contribution in [3.63, 3.8) is 0 Å². The maximum absolute atomic E-state index is 13.6. The van der Waals surface area contributed by atoms with Crippen LogP contribution in [0, 0.1) is 5.82 Å². The molecule has 1 amide bonds. The van der Waals surface area contributed by atoms with Gasteiger partial charge in [-0.05, 0) is 31.5 Å². The second kappa shape index (κ2) is 6.60. The number of benzene rings is 1. The minimum Gasteiger partial charge on any atom is -0.434 e. The van der Waals surface area contributed by atoms with Crippen molar-refractivity contribution in [1.82, 2.24) is 10.6 Å². The van der Waals surface area contributed by atoms with Gasteiger partial charge in [-0.2, -0.15) is 8.78 Å². The zero-order valence-electron chi connectivity index (χ0n) is 10.7. The van der Waals surface area contributed by atoms with Crippen molar-refractivity contribution in [3.8, 4) is 5.75 Å². The molecule has 20 heavy (non-hydrogen) atoms. The van der Waals surface area contributed by atoms with Crippen LogP contribution in [0.4, 0.5) is 13.2 Å². The summed E-state index contributed by atoms with van der Waals surface area (Å²) in [7, 11) is 0. The lowest BCUT2D eigenvalue weighted by molar-refractivity contribution is -0.122. The highest BCUT2D eigenvalue weighted by Crippen LogP contribution is 2.23. The van der Waals surface area contributed by atoms with Crippen LogP contribution in [0.15, 0.2) is 18.2 Å². The molecule has 1 fully saturated rings. The van der Waals surface area contributed by atoms with E-state index >= 15 is 0 Å². The first-order valence-electron chi connectivity index (χ1n) is 6.31. The van der Waals surface area contributed by atoms with Crippen molar-refractivity contribution < 1.29 is 22.7 Å². The van der Waals surface area contributed by atoms with E-state index in [4.69, 9.17) is 0 Å². The van der Waals surface area contributed by atoms with E-state index in [0.717, 1.165) is 19.0 Å². The summed E-state index contributed by atoms with van der Waals surface area (Å²) in [6.45, 7) is -2.47. The van der Waals surface area contributed by atoms with E-state index in [9.17, 15) is 18.0 Å². The number of amides is 1. The van der Waals surface area contributed by atoms with Gasteiger partial charge in [-0.3, -0.25) is 4.79 Å². The van der Waals surface area contributed by atoms with Gasteiger partial charge in [0, 0.05) is 12.1 Å². The lowest BCUT2D eigenvalue weighted by Crippen LogP contribution is -2.40. The van der Waals surface area contributed by atoms with Crippen LogP contribution in [-0.4, -0.2) is 25.1 Å². The van der Waals surface area contributed by atoms with Crippen molar-refractivity contribution >= 4 is 5.91 Å². The Labute approximate surface area is 114 Å². The van der Waals surface area contributed by atoms with Crippen molar-refractivity contribution in [1.29, 1.82) is 0 Å². The third kappa shape index (κ3) is 3.63. The first-order chi connectivity index (χ1) is 9.58. The molecule has 1 heterocycles. The molecule has 0 aliphatic carbocycles. The van der Waals surface area contributed by atoms with Gasteiger partial charge in [0.15, 0.2) is 0 Å². The second-order valence-electron chi connectivity index (χ2n) is 4.46. The fraction of sp³-hybridized carbons (Fsp3) is 0.462. The van der Waals surface area contributed by atoms with E-state index < -0.39 is 12.4 Å². The van der Waals surface area contributed by atoms with Crippen LogP contribution in [0.3, 0.4) is 0 Å². The van der Waals surface area contributed by atoms with E-state index in [1.807, 2.05) is 0 Å². The summed E-state index contributed by atoms with van der Waals surface area (Å²) in [6, 6.07) is 3.34. The number of carbonyl (C=O) groups excluding carboxylic acids is 1. The lowest BCUT2D eigenvalue weighted by atomic mass is 10.1. The molecule has 1 unspecified atom stereocenters. The highest BCUT2D eigenvalue weighted by Gasteiger charge is 2.22. The summed E-state index contributed by atoms with van der Waals surface area (Å²) in [5.41, 5.74) is -0.0841.